The van der Waals surface area contributed by atoms with Crippen LogP contribution in [0.15, 0.2) is 28.8 Å². The molecule has 1 aliphatic carbocycles. The number of anilines is 1. The largest absolute Gasteiger partial charge is 0.457 e. The topological polar surface area (TPSA) is 102 Å². The van der Waals surface area contributed by atoms with E-state index >= 15 is 0 Å². The molecule has 1 atom stereocenters. The molecule has 2 aliphatic heterocycles. The Morgan fingerprint density at radius 2 is 1.91 bits per heavy atom. The summed E-state index contributed by atoms with van der Waals surface area (Å²) in [6.07, 6.45) is 7.35. The Balaban J connectivity index is 1.22. The molecule has 1 aromatic carbocycles. The number of cyclic esters (lactones) is 1. The molecule has 2 amide bonds. The molecule has 0 radical (unpaired) electrons. The zero-order valence-corrected chi connectivity index (χ0v) is 18.0. The van der Waals surface area contributed by atoms with Crippen molar-refractivity contribution in [2.75, 3.05) is 18.4 Å². The van der Waals surface area contributed by atoms with Crippen LogP contribution in [0.3, 0.4) is 0 Å². The first-order valence-electron chi connectivity index (χ1n) is 11.5. The number of rotatable bonds is 4. The van der Waals surface area contributed by atoms with Crippen molar-refractivity contribution >= 4 is 23.5 Å². The number of aromatic nitrogens is 1. The zero-order valence-electron chi connectivity index (χ0n) is 18.0. The van der Waals surface area contributed by atoms with Gasteiger partial charge in [0.1, 0.15) is 6.61 Å². The van der Waals surface area contributed by atoms with E-state index in [-0.39, 0.29) is 36.1 Å². The van der Waals surface area contributed by atoms with Crippen molar-refractivity contribution in [3.63, 3.8) is 0 Å². The summed E-state index contributed by atoms with van der Waals surface area (Å²) in [6, 6.07) is 6.71. The van der Waals surface area contributed by atoms with E-state index in [1.54, 1.807) is 24.3 Å². The molecule has 3 heterocycles. The summed E-state index contributed by atoms with van der Waals surface area (Å²) >= 11 is 0. The fraction of sp³-hybridized carbons (Fsp3) is 0.500. The number of esters is 1. The summed E-state index contributed by atoms with van der Waals surface area (Å²) in [4.78, 5) is 39.1. The van der Waals surface area contributed by atoms with E-state index in [4.69, 9.17) is 9.26 Å². The highest BCUT2D eigenvalue weighted by atomic mass is 16.5. The molecule has 3 aliphatic rings. The lowest BCUT2D eigenvalue weighted by Gasteiger charge is -2.35. The normalized spacial score (nSPS) is 21.2. The van der Waals surface area contributed by atoms with E-state index in [1.807, 2.05) is 4.90 Å². The maximum Gasteiger partial charge on any atom is 0.338 e. The molecular weight excluding hydrogens is 410 g/mol. The average Bonchev–Trinajstić information content (AvgIpc) is 3.47. The SMILES string of the molecule is O=C(Nc1ccc2c(c1)COC2=O)c1cc([C@@H]2CCCN(C(=O)C3CCCCC3)C2)no1. The number of hydrogen-bond donors (Lipinski definition) is 1. The summed E-state index contributed by atoms with van der Waals surface area (Å²) in [5.74, 6) is -0.112. The summed E-state index contributed by atoms with van der Waals surface area (Å²) in [6.45, 7) is 1.63. The summed E-state index contributed by atoms with van der Waals surface area (Å²) in [5.41, 5.74) is 2.54. The Morgan fingerprint density at radius 3 is 2.75 bits per heavy atom. The smallest absolute Gasteiger partial charge is 0.338 e. The number of carbonyl (C=O) groups excluding carboxylic acids is 3. The van der Waals surface area contributed by atoms with Crippen molar-refractivity contribution in [1.29, 1.82) is 0 Å². The van der Waals surface area contributed by atoms with E-state index in [1.165, 1.54) is 6.42 Å². The Hall–Kier alpha value is -3.16. The highest BCUT2D eigenvalue weighted by Gasteiger charge is 2.32. The number of benzene rings is 1. The van der Waals surface area contributed by atoms with Crippen LogP contribution in [-0.4, -0.2) is 40.9 Å². The van der Waals surface area contributed by atoms with Gasteiger partial charge in [-0.25, -0.2) is 4.79 Å². The minimum atomic E-state index is -0.403. The molecule has 1 saturated carbocycles. The van der Waals surface area contributed by atoms with Crippen LogP contribution in [-0.2, 0) is 16.1 Å². The van der Waals surface area contributed by atoms with E-state index in [0.717, 1.165) is 50.6 Å². The van der Waals surface area contributed by atoms with Crippen LogP contribution >= 0.6 is 0 Å². The second-order valence-corrected chi connectivity index (χ2v) is 8.98. The number of amides is 2. The molecule has 8 nitrogen and oxygen atoms in total. The minimum Gasteiger partial charge on any atom is -0.457 e. The Morgan fingerprint density at radius 1 is 1.06 bits per heavy atom. The number of ether oxygens (including phenoxy) is 1. The van der Waals surface area contributed by atoms with Crippen molar-refractivity contribution in [3.05, 3.63) is 46.8 Å². The summed E-state index contributed by atoms with van der Waals surface area (Å²) < 4.78 is 10.3. The number of hydrogen-bond acceptors (Lipinski definition) is 6. The van der Waals surface area contributed by atoms with Gasteiger partial charge in [-0.2, -0.15) is 0 Å². The van der Waals surface area contributed by atoms with Gasteiger partial charge in [-0.05, 0) is 43.9 Å². The number of piperidine rings is 1. The van der Waals surface area contributed by atoms with Gasteiger partial charge in [0.05, 0.1) is 11.3 Å². The summed E-state index contributed by atoms with van der Waals surface area (Å²) in [7, 11) is 0. The standard InChI is InChI=1S/C24H27N3O5/c28-22(25-18-8-9-19-17(11-18)14-31-24(19)30)21-12-20(26-32-21)16-7-4-10-27(13-16)23(29)15-5-2-1-3-6-15/h8-9,11-12,15-16H,1-7,10,13-14H2,(H,25,28)/t16-/m1/s1. The van der Waals surface area contributed by atoms with E-state index in [9.17, 15) is 14.4 Å². The average molecular weight is 437 g/mol. The second-order valence-electron chi connectivity index (χ2n) is 8.98. The van der Waals surface area contributed by atoms with Crippen LogP contribution < -0.4 is 5.32 Å². The lowest BCUT2D eigenvalue weighted by molar-refractivity contribution is -0.137. The third kappa shape index (κ3) is 4.13. The van der Waals surface area contributed by atoms with Gasteiger partial charge in [0, 0.05) is 42.2 Å². The third-order valence-electron chi connectivity index (χ3n) is 6.80. The lowest BCUT2D eigenvalue weighted by Crippen LogP contribution is -2.42. The Labute approximate surface area is 186 Å². The number of nitrogens with one attached hydrogen (secondary N) is 1. The van der Waals surface area contributed by atoms with Gasteiger partial charge >= 0.3 is 5.97 Å². The number of likely N-dealkylation sites (tertiary alicyclic amines) is 1. The van der Waals surface area contributed by atoms with Crippen LogP contribution in [0, 0.1) is 5.92 Å². The maximum absolute atomic E-state index is 12.9. The molecule has 32 heavy (non-hydrogen) atoms. The van der Waals surface area contributed by atoms with Crippen molar-refractivity contribution in [1.82, 2.24) is 10.1 Å². The highest BCUT2D eigenvalue weighted by molar-refractivity contribution is 6.03. The van der Waals surface area contributed by atoms with E-state index in [0.29, 0.717) is 23.5 Å². The predicted molar refractivity (Wildman–Crippen MR) is 115 cm³/mol. The molecule has 168 valence electrons. The van der Waals surface area contributed by atoms with Gasteiger partial charge in [0.15, 0.2) is 0 Å². The number of nitrogens with zero attached hydrogens (tertiary/aromatic N) is 2. The number of carbonyl (C=O) groups is 3. The third-order valence-corrected chi connectivity index (χ3v) is 6.80. The lowest BCUT2D eigenvalue weighted by atomic mass is 9.87. The molecule has 0 bridgehead atoms. The second kappa shape index (κ2) is 8.76. The summed E-state index contributed by atoms with van der Waals surface area (Å²) in [5, 5.41) is 6.92. The highest BCUT2D eigenvalue weighted by Crippen LogP contribution is 2.31. The first-order valence-corrected chi connectivity index (χ1v) is 11.5. The van der Waals surface area contributed by atoms with Crippen LogP contribution in [0.25, 0.3) is 0 Å². The first kappa shape index (κ1) is 20.7. The molecule has 0 unspecified atom stereocenters. The molecule has 2 aromatic rings. The number of fused-ring (bicyclic) bond motifs is 1. The quantitative estimate of drug-likeness (QED) is 0.729. The fourth-order valence-corrected chi connectivity index (χ4v) is 5.02. The maximum atomic E-state index is 12.9. The van der Waals surface area contributed by atoms with Gasteiger partial charge in [0.25, 0.3) is 5.91 Å². The minimum absolute atomic E-state index is 0.0738. The van der Waals surface area contributed by atoms with Crippen LogP contribution in [0.1, 0.15) is 83.0 Å². The molecule has 2 fully saturated rings. The van der Waals surface area contributed by atoms with Gasteiger partial charge in [-0.1, -0.05) is 24.4 Å². The fourth-order valence-electron chi connectivity index (χ4n) is 5.02. The monoisotopic (exact) mass is 437 g/mol. The van der Waals surface area contributed by atoms with Gasteiger partial charge in [-0.3, -0.25) is 9.59 Å². The van der Waals surface area contributed by atoms with Crippen LogP contribution in [0.2, 0.25) is 0 Å². The zero-order chi connectivity index (χ0) is 22.1. The Bertz CT molecular complexity index is 1040. The van der Waals surface area contributed by atoms with Crippen LogP contribution in [0.4, 0.5) is 5.69 Å². The van der Waals surface area contributed by atoms with Crippen LogP contribution in [0.5, 0.6) is 0 Å². The van der Waals surface area contributed by atoms with Gasteiger partial charge in [0.2, 0.25) is 11.7 Å². The molecule has 1 aromatic heterocycles. The van der Waals surface area contributed by atoms with Crippen molar-refractivity contribution in [2.24, 2.45) is 5.92 Å². The Kier molecular flexibility index (Phi) is 5.68. The molecular formula is C24H27N3O5. The van der Waals surface area contributed by atoms with E-state index < -0.39 is 5.91 Å². The molecule has 0 spiro atoms. The molecule has 5 rings (SSSR count). The molecule has 1 N–H and O–H groups in total. The molecule has 1 saturated heterocycles. The van der Waals surface area contributed by atoms with Gasteiger partial charge in [-0.15, -0.1) is 0 Å². The predicted octanol–water partition coefficient (Wildman–Crippen LogP) is 3.88. The van der Waals surface area contributed by atoms with Gasteiger partial charge < -0.3 is 19.5 Å². The van der Waals surface area contributed by atoms with E-state index in [2.05, 4.69) is 10.5 Å². The van der Waals surface area contributed by atoms with Crippen molar-refractivity contribution in [3.8, 4) is 0 Å². The van der Waals surface area contributed by atoms with Crippen molar-refractivity contribution in [2.45, 2.75) is 57.5 Å². The first-order chi connectivity index (χ1) is 15.6. The van der Waals surface area contributed by atoms with Crippen molar-refractivity contribution < 1.29 is 23.6 Å². The molecule has 8 heteroatoms.